The summed E-state index contributed by atoms with van der Waals surface area (Å²) in [5.41, 5.74) is 0. The smallest absolute Gasteiger partial charge is 1.00 e. The van der Waals surface area contributed by atoms with Gasteiger partial charge in [-0.3, -0.25) is 9.97 Å². The molecule has 0 aliphatic carbocycles. The van der Waals surface area contributed by atoms with Crippen LogP contribution < -0.4 is 74.2 Å². The Morgan fingerprint density at radius 1 is 0.438 bits per heavy atom. The maximum absolute atomic E-state index is 3.72. The second-order valence-electron chi connectivity index (χ2n) is 0.894. The molecule has 16 heavy (non-hydrogen) atoms. The Morgan fingerprint density at radius 3 is 0.625 bits per heavy atom. The van der Waals surface area contributed by atoms with Gasteiger partial charge >= 0.3 is 42.1 Å². The van der Waals surface area contributed by atoms with Crippen LogP contribution in [0.1, 0.15) is 0 Å². The van der Waals surface area contributed by atoms with Gasteiger partial charge in [0.15, 0.2) is 0 Å². The molecule has 0 radical (unpaired) electrons. The number of hydrogen-bond acceptors (Lipinski definition) is 6. The summed E-state index contributed by atoms with van der Waals surface area (Å²) in [4.78, 5) is 7.44. The van der Waals surface area contributed by atoms with Gasteiger partial charge in [0.1, 0.15) is 0 Å². The van der Waals surface area contributed by atoms with Crippen LogP contribution in [0.25, 0.3) is 0 Å². The minimum Gasteiger partial charge on any atom is -1.00 e. The molecule has 1 heterocycles. The Kier molecular flexibility index (Phi) is 376. The fourth-order valence-electron chi connectivity index (χ4n) is 0.253. The molecule has 0 unspecified atom stereocenters. The quantitative estimate of drug-likeness (QED) is 0.213. The summed E-state index contributed by atoms with van der Waals surface area (Å²) in [6.07, 6.45) is 6.56. The van der Waals surface area contributed by atoms with Crippen molar-refractivity contribution in [2.45, 2.75) is 0 Å². The second kappa shape index (κ2) is 70.7. The predicted octanol–water partition coefficient (Wildman–Crippen LogP) is -10.9. The molecule has 0 aromatic carbocycles. The van der Waals surface area contributed by atoms with Gasteiger partial charge in [-0.1, -0.05) is 0 Å². The van der Waals surface area contributed by atoms with E-state index in [9.17, 15) is 0 Å². The van der Waals surface area contributed by atoms with Crippen molar-refractivity contribution >= 4 is 0 Å². The van der Waals surface area contributed by atoms with E-state index in [4.69, 9.17) is 0 Å². The summed E-state index contributed by atoms with van der Waals surface area (Å²) in [6, 6.07) is 0. The molecule has 0 saturated heterocycles. The molecule has 12 N–H and O–H groups in total. The molecule has 0 aliphatic heterocycles. The summed E-state index contributed by atoms with van der Waals surface area (Å²) in [6.45, 7) is 0. The van der Waals surface area contributed by atoms with E-state index in [0.717, 1.165) is 0 Å². The Labute approximate surface area is 150 Å². The summed E-state index contributed by atoms with van der Waals surface area (Å²) < 4.78 is 0. The van der Waals surface area contributed by atoms with Crippen LogP contribution in [0.15, 0.2) is 24.8 Å². The van der Waals surface area contributed by atoms with Gasteiger partial charge in [0.25, 0.3) is 0 Å². The zero-order chi connectivity index (χ0) is 4.24. The molecule has 0 saturated carbocycles. The minimum atomic E-state index is 0. The fourth-order valence-corrected chi connectivity index (χ4v) is 0.253. The number of rotatable bonds is 0. The van der Waals surface area contributed by atoms with E-state index in [1.807, 2.05) is 0 Å². The largest absolute Gasteiger partial charge is 2.00 e. The van der Waals surface area contributed by atoms with Gasteiger partial charge in [-0.2, -0.15) is 0 Å². The topological polar surface area (TPSA) is 166 Å². The zero-order valence-corrected chi connectivity index (χ0v) is 15.7. The average molecular weight is 680 g/mol. The van der Waals surface area contributed by atoms with Crippen LogP contribution in [0.4, 0.5) is 0 Å². The zero-order valence-electron chi connectivity index (χ0n) is 8.18. The monoisotopic (exact) mass is 678 g/mol. The van der Waals surface area contributed by atoms with E-state index in [0.29, 0.717) is 0 Å². The molecule has 6 nitrogen and oxygen atoms in total. The maximum atomic E-state index is 3.72. The Hall–Kier alpha value is 1.46. The van der Waals surface area contributed by atoms with Crippen LogP contribution >= 0.6 is 0 Å². The molecule has 1 aromatic rings. The SMILES string of the molecule is N.N.N.N.[Cl-].[Cl-].[Cl-].[Cl-].[Pt+2].[Pt+2].c1cnccn1. The molecule has 0 spiro atoms. The Bertz CT molecular complexity index is 102. The van der Waals surface area contributed by atoms with Crippen molar-refractivity contribution < 1.29 is 91.8 Å². The molecule has 0 fully saturated rings. The van der Waals surface area contributed by atoms with Crippen LogP contribution in [0, 0.1) is 0 Å². The van der Waals surface area contributed by atoms with E-state index < -0.39 is 0 Å². The van der Waals surface area contributed by atoms with Crippen molar-refractivity contribution in [2.75, 3.05) is 0 Å². The molecule has 0 aliphatic rings. The van der Waals surface area contributed by atoms with Gasteiger partial charge < -0.3 is 74.2 Å². The van der Waals surface area contributed by atoms with Gasteiger partial charge in [-0.25, -0.2) is 0 Å². The van der Waals surface area contributed by atoms with E-state index >= 15 is 0 Å². The summed E-state index contributed by atoms with van der Waals surface area (Å²) >= 11 is 0. The molecule has 1 rings (SSSR count). The Morgan fingerprint density at radius 2 is 0.562 bits per heavy atom. The average Bonchev–Trinajstić information content (AvgIpc) is 1.72. The van der Waals surface area contributed by atoms with Gasteiger partial charge in [0, 0.05) is 24.8 Å². The third-order valence-corrected chi connectivity index (χ3v) is 0.478. The van der Waals surface area contributed by atoms with Crippen LogP contribution in [0.3, 0.4) is 0 Å². The molecule has 12 heteroatoms. The summed E-state index contributed by atoms with van der Waals surface area (Å²) in [5.74, 6) is 0. The molecule has 0 amide bonds. The third kappa shape index (κ3) is 58.1. The van der Waals surface area contributed by atoms with Crippen LogP contribution in [0.5, 0.6) is 0 Å². The minimum absolute atomic E-state index is 0. The van der Waals surface area contributed by atoms with Gasteiger partial charge in [-0.15, -0.1) is 0 Å². The summed E-state index contributed by atoms with van der Waals surface area (Å²) in [7, 11) is 0. The normalized spacial score (nSPS) is 3.00. The molecular formula is C4H16Cl4N6Pt2. The molecular weight excluding hydrogens is 664 g/mol. The van der Waals surface area contributed by atoms with Crippen molar-refractivity contribution in [1.82, 2.24) is 34.6 Å². The van der Waals surface area contributed by atoms with Crippen molar-refractivity contribution in [3.63, 3.8) is 0 Å². The van der Waals surface area contributed by atoms with E-state index in [1.54, 1.807) is 24.8 Å². The van der Waals surface area contributed by atoms with Gasteiger partial charge in [-0.05, 0) is 0 Å². The van der Waals surface area contributed by atoms with E-state index in [1.165, 1.54) is 0 Å². The predicted molar refractivity (Wildman–Crippen MR) is 42.1 cm³/mol. The number of nitrogens with zero attached hydrogens (tertiary/aromatic N) is 2. The van der Waals surface area contributed by atoms with Crippen molar-refractivity contribution in [1.29, 1.82) is 0 Å². The fraction of sp³-hybridized carbons (Fsp3) is 0. The van der Waals surface area contributed by atoms with E-state index in [-0.39, 0.29) is 116 Å². The van der Waals surface area contributed by atoms with Gasteiger partial charge in [0.05, 0.1) is 0 Å². The van der Waals surface area contributed by atoms with Crippen LogP contribution in [0.2, 0.25) is 0 Å². The molecule has 0 atom stereocenters. The van der Waals surface area contributed by atoms with E-state index in [2.05, 4.69) is 9.97 Å². The molecule has 110 valence electrons. The first-order valence-electron chi connectivity index (χ1n) is 1.70. The molecule has 0 bridgehead atoms. The van der Waals surface area contributed by atoms with Crippen molar-refractivity contribution in [3.05, 3.63) is 24.8 Å². The molecule has 1 aromatic heterocycles. The summed E-state index contributed by atoms with van der Waals surface area (Å²) in [5, 5.41) is 0. The van der Waals surface area contributed by atoms with Crippen LogP contribution in [-0.4, -0.2) is 9.97 Å². The first-order valence-corrected chi connectivity index (χ1v) is 1.70. The van der Waals surface area contributed by atoms with Gasteiger partial charge in [0.2, 0.25) is 0 Å². The van der Waals surface area contributed by atoms with Crippen molar-refractivity contribution in [2.24, 2.45) is 0 Å². The standard InChI is InChI=1S/C4H4N2.4ClH.4H3N.2Pt/c1-2-6-4-3-5-1;;;;;;;;;;/h1-4H;4*1H;4*1H3;;/q;;;;;;;;;2*+2/p-4. The number of hydrogen-bond donors (Lipinski definition) is 4. The first-order chi connectivity index (χ1) is 3.00. The second-order valence-corrected chi connectivity index (χ2v) is 0.894. The maximum Gasteiger partial charge on any atom is 2.00 e. The number of halogens is 4. The Balaban J connectivity index is -0.00000000450. The van der Waals surface area contributed by atoms with Crippen molar-refractivity contribution in [3.8, 4) is 0 Å². The third-order valence-electron chi connectivity index (χ3n) is 0.478. The van der Waals surface area contributed by atoms with Crippen LogP contribution in [-0.2, 0) is 42.1 Å². The number of aromatic nitrogens is 2. The first kappa shape index (κ1) is 85.0.